The zero-order valence-electron chi connectivity index (χ0n) is 14.7. The van der Waals surface area contributed by atoms with Gasteiger partial charge in [0.05, 0.1) is 28.9 Å². The fourth-order valence-electron chi connectivity index (χ4n) is 2.87. The summed E-state index contributed by atoms with van der Waals surface area (Å²) in [6.07, 6.45) is 1.78. The van der Waals surface area contributed by atoms with Gasteiger partial charge in [-0.2, -0.15) is 0 Å². The van der Waals surface area contributed by atoms with Crippen molar-refractivity contribution in [2.45, 2.75) is 12.6 Å². The van der Waals surface area contributed by atoms with Crippen LogP contribution in [0.1, 0.15) is 23.2 Å². The minimum absolute atomic E-state index is 0.100. The number of benzene rings is 2. The third kappa shape index (κ3) is 4.22. The van der Waals surface area contributed by atoms with E-state index >= 15 is 0 Å². The molecule has 0 radical (unpaired) electrons. The third-order valence-corrected chi connectivity index (χ3v) is 4.75. The quantitative estimate of drug-likeness (QED) is 0.466. The van der Waals surface area contributed by atoms with Gasteiger partial charge in [-0.1, -0.05) is 59.6 Å². The van der Waals surface area contributed by atoms with E-state index in [1.165, 1.54) is 0 Å². The molecule has 140 valence electrons. The summed E-state index contributed by atoms with van der Waals surface area (Å²) in [6, 6.07) is 21.0. The largest absolute Gasteiger partial charge is 0.419 e. The van der Waals surface area contributed by atoms with Gasteiger partial charge in [-0.3, -0.25) is 10.3 Å². The molecule has 0 aliphatic heterocycles. The van der Waals surface area contributed by atoms with Crippen LogP contribution >= 0.6 is 23.2 Å². The second-order valence-electron chi connectivity index (χ2n) is 6.10. The van der Waals surface area contributed by atoms with Crippen LogP contribution in [0, 0.1) is 0 Å². The maximum atomic E-state index is 6.22. The maximum absolute atomic E-state index is 6.22. The molecule has 1 atom stereocenters. The van der Waals surface area contributed by atoms with Crippen molar-refractivity contribution < 1.29 is 4.42 Å². The summed E-state index contributed by atoms with van der Waals surface area (Å²) in [5.41, 5.74) is 2.66. The molecule has 0 aliphatic carbocycles. The van der Waals surface area contributed by atoms with E-state index in [0.717, 1.165) is 11.3 Å². The van der Waals surface area contributed by atoms with E-state index in [2.05, 4.69) is 32.6 Å². The molecule has 0 amide bonds. The average molecular weight is 411 g/mol. The SMILES string of the molecule is Clc1ccc(-c2nnc(CNC(c3ccccc3)c3ccccn3)o2)c(Cl)c1. The van der Waals surface area contributed by atoms with Crippen molar-refractivity contribution in [3.05, 3.63) is 100 Å². The average Bonchev–Trinajstić information content (AvgIpc) is 3.18. The highest BCUT2D eigenvalue weighted by Gasteiger charge is 2.17. The number of hydrogen-bond acceptors (Lipinski definition) is 5. The van der Waals surface area contributed by atoms with E-state index in [9.17, 15) is 0 Å². The third-order valence-electron chi connectivity index (χ3n) is 4.20. The number of hydrogen-bond donors (Lipinski definition) is 1. The van der Waals surface area contributed by atoms with Gasteiger partial charge < -0.3 is 4.42 Å². The Bertz CT molecular complexity index is 1010. The number of pyridine rings is 1. The first-order valence-corrected chi connectivity index (χ1v) is 9.43. The van der Waals surface area contributed by atoms with Gasteiger partial charge in [-0.15, -0.1) is 10.2 Å². The van der Waals surface area contributed by atoms with Gasteiger partial charge in [-0.05, 0) is 35.9 Å². The fourth-order valence-corrected chi connectivity index (χ4v) is 3.36. The molecule has 0 spiro atoms. The Hall–Kier alpha value is -2.73. The lowest BCUT2D eigenvalue weighted by molar-refractivity contribution is 0.459. The van der Waals surface area contributed by atoms with Crippen LogP contribution in [0.3, 0.4) is 0 Å². The Balaban J connectivity index is 1.54. The Kier molecular flexibility index (Phi) is 5.67. The molecule has 4 aromatic rings. The van der Waals surface area contributed by atoms with Gasteiger partial charge in [0.2, 0.25) is 11.8 Å². The molecule has 0 aliphatic rings. The van der Waals surface area contributed by atoms with Gasteiger partial charge in [0, 0.05) is 11.2 Å². The van der Waals surface area contributed by atoms with Crippen molar-refractivity contribution in [1.82, 2.24) is 20.5 Å². The number of halogens is 2. The molecule has 0 fully saturated rings. The van der Waals surface area contributed by atoms with Crippen LogP contribution < -0.4 is 5.32 Å². The first-order valence-electron chi connectivity index (χ1n) is 8.68. The topological polar surface area (TPSA) is 63.8 Å². The maximum Gasteiger partial charge on any atom is 0.249 e. The van der Waals surface area contributed by atoms with E-state index in [1.54, 1.807) is 24.4 Å². The Labute approximate surface area is 172 Å². The van der Waals surface area contributed by atoms with Crippen molar-refractivity contribution >= 4 is 23.2 Å². The summed E-state index contributed by atoms with van der Waals surface area (Å²) >= 11 is 12.2. The Morgan fingerprint density at radius 2 is 1.75 bits per heavy atom. The molecule has 0 saturated heterocycles. The summed E-state index contributed by atoms with van der Waals surface area (Å²) in [5, 5.41) is 12.7. The van der Waals surface area contributed by atoms with Crippen LogP contribution in [-0.4, -0.2) is 15.2 Å². The molecule has 0 saturated carbocycles. The summed E-state index contributed by atoms with van der Waals surface area (Å²) in [7, 11) is 0. The number of nitrogens with one attached hydrogen (secondary N) is 1. The molecular formula is C21H16Cl2N4O. The standard InChI is InChI=1S/C21H16Cl2N4O/c22-15-9-10-16(17(23)12-15)21-27-26-19(28-21)13-25-20(14-6-2-1-3-7-14)18-8-4-5-11-24-18/h1-12,20,25H,13H2. The number of rotatable bonds is 6. The summed E-state index contributed by atoms with van der Waals surface area (Å²) in [6.45, 7) is 0.383. The van der Waals surface area contributed by atoms with Crippen LogP contribution in [0.4, 0.5) is 0 Å². The Morgan fingerprint density at radius 3 is 2.50 bits per heavy atom. The lowest BCUT2D eigenvalue weighted by Gasteiger charge is -2.17. The summed E-state index contributed by atoms with van der Waals surface area (Å²) in [5.74, 6) is 0.811. The molecule has 4 rings (SSSR count). The lowest BCUT2D eigenvalue weighted by Crippen LogP contribution is -2.23. The van der Waals surface area contributed by atoms with E-state index < -0.39 is 0 Å². The molecule has 2 aromatic heterocycles. The molecule has 2 aromatic carbocycles. The molecule has 1 unspecified atom stereocenters. The summed E-state index contributed by atoms with van der Waals surface area (Å²) < 4.78 is 5.78. The first-order chi connectivity index (χ1) is 13.7. The van der Waals surface area contributed by atoms with Crippen LogP contribution in [0.2, 0.25) is 10.0 Å². The highest BCUT2D eigenvalue weighted by Crippen LogP contribution is 2.29. The molecule has 0 bridgehead atoms. The zero-order chi connectivity index (χ0) is 19.3. The van der Waals surface area contributed by atoms with E-state index in [4.69, 9.17) is 27.6 Å². The van der Waals surface area contributed by atoms with Crippen molar-refractivity contribution in [2.75, 3.05) is 0 Å². The highest BCUT2D eigenvalue weighted by molar-refractivity contribution is 6.36. The monoisotopic (exact) mass is 410 g/mol. The predicted molar refractivity (Wildman–Crippen MR) is 109 cm³/mol. The smallest absolute Gasteiger partial charge is 0.249 e. The minimum Gasteiger partial charge on any atom is -0.419 e. The van der Waals surface area contributed by atoms with Crippen molar-refractivity contribution in [3.8, 4) is 11.5 Å². The number of aromatic nitrogens is 3. The van der Waals surface area contributed by atoms with E-state index in [-0.39, 0.29) is 6.04 Å². The van der Waals surface area contributed by atoms with Gasteiger partial charge in [0.1, 0.15) is 0 Å². The first kappa shape index (κ1) is 18.6. The van der Waals surface area contributed by atoms with Crippen LogP contribution in [0.25, 0.3) is 11.5 Å². The van der Waals surface area contributed by atoms with Crippen LogP contribution in [0.5, 0.6) is 0 Å². The van der Waals surface area contributed by atoms with E-state index in [1.807, 2.05) is 36.4 Å². The molecule has 1 N–H and O–H groups in total. The summed E-state index contributed by atoms with van der Waals surface area (Å²) in [4.78, 5) is 4.48. The van der Waals surface area contributed by atoms with Crippen molar-refractivity contribution in [3.63, 3.8) is 0 Å². The van der Waals surface area contributed by atoms with Gasteiger partial charge >= 0.3 is 0 Å². The Morgan fingerprint density at radius 1 is 0.929 bits per heavy atom. The zero-order valence-corrected chi connectivity index (χ0v) is 16.2. The van der Waals surface area contributed by atoms with E-state index in [0.29, 0.717) is 33.9 Å². The van der Waals surface area contributed by atoms with Gasteiger partial charge in [0.15, 0.2) is 0 Å². The molecule has 5 nitrogen and oxygen atoms in total. The molecule has 28 heavy (non-hydrogen) atoms. The predicted octanol–water partition coefficient (Wildman–Crippen LogP) is 5.32. The van der Waals surface area contributed by atoms with Crippen molar-refractivity contribution in [1.29, 1.82) is 0 Å². The van der Waals surface area contributed by atoms with Gasteiger partial charge in [0.25, 0.3) is 0 Å². The number of nitrogens with zero attached hydrogens (tertiary/aromatic N) is 3. The lowest BCUT2D eigenvalue weighted by atomic mass is 10.0. The second kappa shape index (κ2) is 8.52. The van der Waals surface area contributed by atoms with Gasteiger partial charge in [-0.25, -0.2) is 0 Å². The highest BCUT2D eigenvalue weighted by atomic mass is 35.5. The molecule has 7 heteroatoms. The molecule has 2 heterocycles. The second-order valence-corrected chi connectivity index (χ2v) is 6.95. The van der Waals surface area contributed by atoms with Crippen molar-refractivity contribution in [2.24, 2.45) is 0 Å². The van der Waals surface area contributed by atoms with Crippen LogP contribution in [-0.2, 0) is 6.54 Å². The minimum atomic E-state index is -0.100. The molecular weight excluding hydrogens is 395 g/mol. The normalized spacial score (nSPS) is 12.1. The van der Waals surface area contributed by atoms with Crippen LogP contribution in [0.15, 0.2) is 77.3 Å². The fraction of sp³-hybridized carbons (Fsp3) is 0.0952.